The molecule has 0 bridgehead atoms. The molecule has 1 unspecified atom stereocenters. The zero-order valence-corrected chi connectivity index (χ0v) is 12.2. The minimum atomic E-state index is -0.0296. The number of hydrogen-bond acceptors (Lipinski definition) is 2. The van der Waals surface area contributed by atoms with Gasteiger partial charge in [-0.05, 0) is 36.2 Å². The number of aryl methyl sites for hydroxylation is 1. The summed E-state index contributed by atoms with van der Waals surface area (Å²) in [5, 5.41) is 0.739. The van der Waals surface area contributed by atoms with E-state index in [2.05, 4.69) is 15.9 Å². The van der Waals surface area contributed by atoms with Crippen LogP contribution < -0.4 is 4.74 Å². The van der Waals surface area contributed by atoms with Crippen LogP contribution >= 0.6 is 27.5 Å². The molecule has 0 amide bonds. The SMILES string of the molecule is Cc1ccoc1C(Br)c1cc(Cl)cc2c1OCC2. The molecule has 0 N–H and O–H groups in total. The molecule has 1 aromatic heterocycles. The van der Waals surface area contributed by atoms with Crippen LogP contribution in [-0.2, 0) is 6.42 Å². The van der Waals surface area contributed by atoms with Crippen molar-refractivity contribution in [3.05, 3.63) is 51.9 Å². The number of rotatable bonds is 2. The first-order valence-corrected chi connectivity index (χ1v) is 7.09. The van der Waals surface area contributed by atoms with E-state index in [1.165, 1.54) is 5.56 Å². The summed E-state index contributed by atoms with van der Waals surface area (Å²) in [5.41, 5.74) is 3.32. The smallest absolute Gasteiger partial charge is 0.127 e. The lowest BCUT2D eigenvalue weighted by Gasteiger charge is -2.13. The van der Waals surface area contributed by atoms with E-state index in [4.69, 9.17) is 20.8 Å². The van der Waals surface area contributed by atoms with Crippen LogP contribution in [0.5, 0.6) is 5.75 Å². The van der Waals surface area contributed by atoms with Crippen molar-refractivity contribution in [1.82, 2.24) is 0 Å². The van der Waals surface area contributed by atoms with E-state index < -0.39 is 0 Å². The lowest BCUT2D eigenvalue weighted by Crippen LogP contribution is -1.97. The summed E-state index contributed by atoms with van der Waals surface area (Å²) in [6.45, 7) is 2.75. The molecule has 18 heavy (non-hydrogen) atoms. The minimum absolute atomic E-state index is 0.0296. The Bertz CT molecular complexity index is 591. The molecule has 0 spiro atoms. The topological polar surface area (TPSA) is 22.4 Å². The number of alkyl halides is 1. The van der Waals surface area contributed by atoms with E-state index in [9.17, 15) is 0 Å². The van der Waals surface area contributed by atoms with Gasteiger partial charge in [-0.15, -0.1) is 0 Å². The fourth-order valence-electron chi connectivity index (χ4n) is 2.27. The second kappa shape index (κ2) is 4.63. The van der Waals surface area contributed by atoms with E-state index in [0.717, 1.165) is 40.7 Å². The van der Waals surface area contributed by atoms with Gasteiger partial charge in [0, 0.05) is 17.0 Å². The largest absolute Gasteiger partial charge is 0.493 e. The number of furan rings is 1. The fraction of sp³-hybridized carbons (Fsp3) is 0.286. The molecule has 4 heteroatoms. The average Bonchev–Trinajstić information content (AvgIpc) is 2.95. The lowest BCUT2D eigenvalue weighted by atomic mass is 10.0. The van der Waals surface area contributed by atoms with Crippen LogP contribution in [0.3, 0.4) is 0 Å². The minimum Gasteiger partial charge on any atom is -0.493 e. The number of fused-ring (bicyclic) bond motifs is 1. The van der Waals surface area contributed by atoms with Crippen molar-refractivity contribution in [3.8, 4) is 5.75 Å². The van der Waals surface area contributed by atoms with Crippen molar-refractivity contribution in [2.45, 2.75) is 18.2 Å². The molecule has 0 saturated heterocycles. The summed E-state index contributed by atoms with van der Waals surface area (Å²) in [7, 11) is 0. The van der Waals surface area contributed by atoms with Crippen LogP contribution in [0.25, 0.3) is 0 Å². The molecule has 2 nitrogen and oxygen atoms in total. The van der Waals surface area contributed by atoms with Crippen LogP contribution in [0.15, 0.2) is 28.9 Å². The standard InChI is InChI=1S/C14H12BrClO2/c1-8-2-4-17-13(8)12(15)11-7-10(16)6-9-3-5-18-14(9)11/h2,4,6-7,12H,3,5H2,1H3. The van der Waals surface area contributed by atoms with Crippen LogP contribution in [-0.4, -0.2) is 6.61 Å². The first-order valence-electron chi connectivity index (χ1n) is 5.80. The Hall–Kier alpha value is -0.930. The molecule has 0 radical (unpaired) electrons. The highest BCUT2D eigenvalue weighted by atomic mass is 79.9. The molecule has 1 aromatic carbocycles. The predicted octanol–water partition coefficient (Wildman–Crippen LogP) is 4.66. The summed E-state index contributed by atoms with van der Waals surface area (Å²) in [6, 6.07) is 5.87. The van der Waals surface area contributed by atoms with Gasteiger partial charge in [0.2, 0.25) is 0 Å². The molecule has 1 aliphatic rings. The van der Waals surface area contributed by atoms with Crippen molar-refractivity contribution in [1.29, 1.82) is 0 Å². The van der Waals surface area contributed by atoms with Gasteiger partial charge in [-0.1, -0.05) is 27.5 Å². The highest BCUT2D eigenvalue weighted by molar-refractivity contribution is 9.09. The maximum absolute atomic E-state index is 6.17. The van der Waals surface area contributed by atoms with E-state index >= 15 is 0 Å². The fourth-order valence-corrected chi connectivity index (χ4v) is 3.33. The number of hydrogen-bond donors (Lipinski definition) is 0. The van der Waals surface area contributed by atoms with Crippen molar-refractivity contribution in [2.24, 2.45) is 0 Å². The molecule has 0 aliphatic carbocycles. The summed E-state index contributed by atoms with van der Waals surface area (Å²) < 4.78 is 11.2. The molecule has 2 aromatic rings. The molecule has 2 heterocycles. The number of ether oxygens (including phenoxy) is 1. The van der Waals surface area contributed by atoms with Crippen LogP contribution in [0.2, 0.25) is 5.02 Å². The third kappa shape index (κ3) is 1.95. The molecule has 0 saturated carbocycles. The summed E-state index contributed by atoms with van der Waals surface area (Å²) in [6.07, 6.45) is 2.62. The van der Waals surface area contributed by atoms with Crippen molar-refractivity contribution >= 4 is 27.5 Å². The normalized spacial score (nSPS) is 15.3. The Morgan fingerprint density at radius 3 is 2.94 bits per heavy atom. The van der Waals surface area contributed by atoms with Gasteiger partial charge in [0.15, 0.2) is 0 Å². The summed E-state index contributed by atoms with van der Waals surface area (Å²) in [4.78, 5) is -0.0296. The zero-order chi connectivity index (χ0) is 12.7. The van der Waals surface area contributed by atoms with Crippen molar-refractivity contribution in [2.75, 3.05) is 6.61 Å². The summed E-state index contributed by atoms with van der Waals surface area (Å²) in [5.74, 6) is 1.84. The first kappa shape index (κ1) is 12.1. The number of halogens is 2. The Labute approximate surface area is 119 Å². The molecule has 3 rings (SSSR count). The van der Waals surface area contributed by atoms with E-state index in [1.54, 1.807) is 6.26 Å². The summed E-state index contributed by atoms with van der Waals surface area (Å²) >= 11 is 9.85. The van der Waals surface area contributed by atoms with Gasteiger partial charge in [-0.25, -0.2) is 0 Å². The molecular formula is C14H12BrClO2. The van der Waals surface area contributed by atoms with Gasteiger partial charge in [-0.2, -0.15) is 0 Å². The second-order valence-corrected chi connectivity index (χ2v) is 5.76. The van der Waals surface area contributed by atoms with Crippen molar-refractivity contribution < 1.29 is 9.15 Å². The molecule has 1 aliphatic heterocycles. The third-order valence-corrected chi connectivity index (χ3v) is 4.31. The Balaban J connectivity index is 2.10. The molecular weight excluding hydrogens is 316 g/mol. The highest BCUT2D eigenvalue weighted by Gasteiger charge is 2.25. The molecule has 1 atom stereocenters. The number of benzene rings is 1. The van der Waals surface area contributed by atoms with E-state index in [1.807, 2.05) is 25.1 Å². The molecule has 0 fully saturated rings. The van der Waals surface area contributed by atoms with Crippen LogP contribution in [0.1, 0.15) is 27.3 Å². The Morgan fingerprint density at radius 2 is 2.22 bits per heavy atom. The van der Waals surface area contributed by atoms with Gasteiger partial charge >= 0.3 is 0 Å². The average molecular weight is 328 g/mol. The lowest BCUT2D eigenvalue weighted by molar-refractivity contribution is 0.353. The first-order chi connectivity index (χ1) is 8.66. The van der Waals surface area contributed by atoms with Crippen molar-refractivity contribution in [3.63, 3.8) is 0 Å². The van der Waals surface area contributed by atoms with Gasteiger partial charge < -0.3 is 9.15 Å². The maximum atomic E-state index is 6.17. The van der Waals surface area contributed by atoms with Crippen LogP contribution in [0.4, 0.5) is 0 Å². The van der Waals surface area contributed by atoms with Gasteiger partial charge in [0.25, 0.3) is 0 Å². The Morgan fingerprint density at radius 1 is 1.39 bits per heavy atom. The van der Waals surface area contributed by atoms with E-state index in [-0.39, 0.29) is 4.83 Å². The zero-order valence-electron chi connectivity index (χ0n) is 9.87. The maximum Gasteiger partial charge on any atom is 0.127 e. The third-order valence-electron chi connectivity index (χ3n) is 3.18. The van der Waals surface area contributed by atoms with Gasteiger partial charge in [0.05, 0.1) is 12.9 Å². The predicted molar refractivity (Wildman–Crippen MR) is 74.9 cm³/mol. The van der Waals surface area contributed by atoms with E-state index in [0.29, 0.717) is 0 Å². The van der Waals surface area contributed by atoms with Gasteiger partial charge in [-0.3, -0.25) is 0 Å². The van der Waals surface area contributed by atoms with Gasteiger partial charge in [0.1, 0.15) is 16.3 Å². The van der Waals surface area contributed by atoms with Crippen LogP contribution in [0, 0.1) is 6.92 Å². The highest BCUT2D eigenvalue weighted by Crippen LogP contribution is 2.43. The monoisotopic (exact) mass is 326 g/mol. The molecule has 94 valence electrons. The second-order valence-electron chi connectivity index (χ2n) is 4.41. The Kier molecular flexibility index (Phi) is 3.12. The quantitative estimate of drug-likeness (QED) is 0.748.